The normalized spacial score (nSPS) is 13.9. The quantitative estimate of drug-likeness (QED) is 0.879. The molecule has 2 atom stereocenters. The third kappa shape index (κ3) is 3.08. The fourth-order valence-corrected chi connectivity index (χ4v) is 2.41. The average Bonchev–Trinajstić information content (AvgIpc) is 2.75. The van der Waals surface area contributed by atoms with E-state index in [1.165, 1.54) is 0 Å². The molecule has 1 amide bonds. The maximum atomic E-state index is 11.7. The molecule has 0 saturated carbocycles. The van der Waals surface area contributed by atoms with Crippen LogP contribution in [-0.2, 0) is 4.79 Å². The topological polar surface area (TPSA) is 68.3 Å². The summed E-state index contributed by atoms with van der Waals surface area (Å²) in [5, 5.41) is 3.27. The molecular formula is C16H20N2O2. The number of aryl methyl sites for hydroxylation is 2. The van der Waals surface area contributed by atoms with Crippen LogP contribution in [0.5, 0.6) is 0 Å². The molecule has 0 saturated heterocycles. The highest BCUT2D eigenvalue weighted by Gasteiger charge is 2.22. The number of hydrogen-bond acceptors (Lipinski definition) is 3. The van der Waals surface area contributed by atoms with Crippen molar-refractivity contribution in [2.24, 2.45) is 5.73 Å². The number of rotatable bonds is 5. The summed E-state index contributed by atoms with van der Waals surface area (Å²) in [6.07, 6.45) is 0. The number of benzene rings is 1. The van der Waals surface area contributed by atoms with E-state index in [9.17, 15) is 4.79 Å². The molecule has 4 heteroatoms. The van der Waals surface area contributed by atoms with Crippen molar-refractivity contribution in [1.29, 1.82) is 0 Å². The summed E-state index contributed by atoms with van der Waals surface area (Å²) in [6.45, 7) is 5.82. The van der Waals surface area contributed by atoms with Gasteiger partial charge in [0.2, 0.25) is 5.91 Å². The Hall–Kier alpha value is -2.07. The van der Waals surface area contributed by atoms with Gasteiger partial charge < -0.3 is 10.2 Å². The van der Waals surface area contributed by atoms with E-state index < -0.39 is 6.04 Å². The molecule has 0 fully saturated rings. The Morgan fingerprint density at radius 3 is 2.40 bits per heavy atom. The molecule has 1 aromatic carbocycles. The van der Waals surface area contributed by atoms with Crippen molar-refractivity contribution in [1.82, 2.24) is 5.32 Å². The second kappa shape index (κ2) is 5.92. The first-order valence-corrected chi connectivity index (χ1v) is 6.66. The molecule has 20 heavy (non-hydrogen) atoms. The first-order chi connectivity index (χ1) is 9.49. The minimum atomic E-state index is -0.513. The summed E-state index contributed by atoms with van der Waals surface area (Å²) in [5.74, 6) is 1.33. The van der Waals surface area contributed by atoms with Gasteiger partial charge in [0, 0.05) is 11.6 Å². The zero-order valence-corrected chi connectivity index (χ0v) is 12.0. The summed E-state index contributed by atoms with van der Waals surface area (Å²) >= 11 is 0. The average molecular weight is 272 g/mol. The molecule has 0 spiro atoms. The predicted octanol–water partition coefficient (Wildman–Crippen LogP) is 2.77. The molecule has 0 aliphatic heterocycles. The first kappa shape index (κ1) is 14.3. The Kier molecular flexibility index (Phi) is 4.25. The van der Waals surface area contributed by atoms with Crippen LogP contribution in [0.3, 0.4) is 0 Å². The molecule has 2 aromatic rings. The molecule has 1 aromatic heterocycles. The Balaban J connectivity index is 2.21. The summed E-state index contributed by atoms with van der Waals surface area (Å²) in [4.78, 5) is 11.7. The molecule has 4 nitrogen and oxygen atoms in total. The highest BCUT2D eigenvalue weighted by Crippen LogP contribution is 2.24. The van der Waals surface area contributed by atoms with Crippen LogP contribution in [0.15, 0.2) is 40.8 Å². The molecule has 1 heterocycles. The van der Waals surface area contributed by atoms with E-state index in [1.54, 1.807) is 0 Å². The maximum absolute atomic E-state index is 11.7. The van der Waals surface area contributed by atoms with Gasteiger partial charge >= 0.3 is 0 Å². The first-order valence-electron chi connectivity index (χ1n) is 6.66. The van der Waals surface area contributed by atoms with E-state index in [4.69, 9.17) is 10.2 Å². The van der Waals surface area contributed by atoms with Gasteiger partial charge in [-0.15, -0.1) is 0 Å². The van der Waals surface area contributed by atoms with Gasteiger partial charge in [-0.3, -0.25) is 10.1 Å². The molecule has 106 valence electrons. The van der Waals surface area contributed by atoms with Crippen LogP contribution >= 0.6 is 0 Å². The summed E-state index contributed by atoms with van der Waals surface area (Å²) in [5.41, 5.74) is 7.42. The number of primary amides is 1. The van der Waals surface area contributed by atoms with Crippen LogP contribution < -0.4 is 11.1 Å². The van der Waals surface area contributed by atoms with Gasteiger partial charge in [-0.1, -0.05) is 30.3 Å². The molecule has 0 bridgehead atoms. The zero-order chi connectivity index (χ0) is 14.7. The van der Waals surface area contributed by atoms with E-state index in [-0.39, 0.29) is 11.9 Å². The van der Waals surface area contributed by atoms with Crippen LogP contribution in [0.1, 0.15) is 41.7 Å². The van der Waals surface area contributed by atoms with Gasteiger partial charge in [0.1, 0.15) is 17.6 Å². The van der Waals surface area contributed by atoms with Gasteiger partial charge in [0.15, 0.2) is 0 Å². The number of furan rings is 1. The molecule has 3 N–H and O–H groups in total. The predicted molar refractivity (Wildman–Crippen MR) is 78.1 cm³/mol. The lowest BCUT2D eigenvalue weighted by atomic mass is 10.0. The van der Waals surface area contributed by atoms with Crippen molar-refractivity contribution in [2.75, 3.05) is 0 Å². The van der Waals surface area contributed by atoms with Crippen molar-refractivity contribution in [3.63, 3.8) is 0 Å². The number of nitrogens with one attached hydrogen (secondary N) is 1. The Bertz CT molecular complexity index is 590. The monoisotopic (exact) mass is 272 g/mol. The second-order valence-electron chi connectivity index (χ2n) is 5.00. The van der Waals surface area contributed by atoms with Crippen LogP contribution in [-0.4, -0.2) is 5.91 Å². The van der Waals surface area contributed by atoms with Crippen molar-refractivity contribution in [3.05, 3.63) is 59.0 Å². The van der Waals surface area contributed by atoms with E-state index in [2.05, 4.69) is 5.32 Å². The SMILES string of the molecule is Cc1cc(C(C)NC(C(N)=O)c2ccccc2)c(C)o1. The second-order valence-corrected chi connectivity index (χ2v) is 5.00. The summed E-state index contributed by atoms with van der Waals surface area (Å²) in [7, 11) is 0. The third-order valence-corrected chi connectivity index (χ3v) is 3.38. The fourth-order valence-electron chi connectivity index (χ4n) is 2.41. The van der Waals surface area contributed by atoms with Gasteiger partial charge in [0.25, 0.3) is 0 Å². The highest BCUT2D eigenvalue weighted by atomic mass is 16.3. The van der Waals surface area contributed by atoms with Gasteiger partial charge in [0.05, 0.1) is 0 Å². The summed E-state index contributed by atoms with van der Waals surface area (Å²) in [6, 6.07) is 10.9. The lowest BCUT2D eigenvalue weighted by molar-refractivity contribution is -0.120. The molecule has 0 radical (unpaired) electrons. The van der Waals surface area contributed by atoms with E-state index in [0.717, 1.165) is 22.6 Å². The lowest BCUT2D eigenvalue weighted by Crippen LogP contribution is -2.35. The van der Waals surface area contributed by atoms with Crippen LogP contribution in [0, 0.1) is 13.8 Å². The Morgan fingerprint density at radius 1 is 1.25 bits per heavy atom. The van der Waals surface area contributed by atoms with Crippen molar-refractivity contribution in [3.8, 4) is 0 Å². The van der Waals surface area contributed by atoms with E-state index in [0.29, 0.717) is 0 Å². The summed E-state index contributed by atoms with van der Waals surface area (Å²) < 4.78 is 5.53. The Morgan fingerprint density at radius 2 is 1.90 bits per heavy atom. The van der Waals surface area contributed by atoms with E-state index in [1.807, 2.05) is 57.2 Å². The van der Waals surface area contributed by atoms with Crippen molar-refractivity contribution < 1.29 is 9.21 Å². The minimum Gasteiger partial charge on any atom is -0.466 e. The maximum Gasteiger partial charge on any atom is 0.239 e. The smallest absolute Gasteiger partial charge is 0.239 e. The van der Waals surface area contributed by atoms with E-state index >= 15 is 0 Å². The Labute approximate surface area is 119 Å². The number of amides is 1. The molecule has 0 aliphatic rings. The van der Waals surface area contributed by atoms with Gasteiger partial charge in [-0.25, -0.2) is 0 Å². The molecular weight excluding hydrogens is 252 g/mol. The van der Waals surface area contributed by atoms with Crippen LogP contribution in [0.4, 0.5) is 0 Å². The van der Waals surface area contributed by atoms with Crippen molar-refractivity contribution in [2.45, 2.75) is 32.9 Å². The number of carbonyl (C=O) groups excluding carboxylic acids is 1. The standard InChI is InChI=1S/C16H20N2O2/c1-10-9-14(12(3)20-10)11(2)18-15(16(17)19)13-7-5-4-6-8-13/h4-9,11,15,18H,1-3H3,(H2,17,19). The number of carbonyl (C=O) groups is 1. The largest absolute Gasteiger partial charge is 0.466 e. The number of hydrogen-bond donors (Lipinski definition) is 2. The lowest BCUT2D eigenvalue weighted by Gasteiger charge is -2.21. The van der Waals surface area contributed by atoms with Gasteiger partial charge in [-0.2, -0.15) is 0 Å². The number of nitrogens with two attached hydrogens (primary N) is 1. The third-order valence-electron chi connectivity index (χ3n) is 3.38. The van der Waals surface area contributed by atoms with Crippen molar-refractivity contribution >= 4 is 5.91 Å². The minimum absolute atomic E-state index is 0.0230. The van der Waals surface area contributed by atoms with Crippen LogP contribution in [0.2, 0.25) is 0 Å². The van der Waals surface area contributed by atoms with Gasteiger partial charge in [-0.05, 0) is 32.4 Å². The highest BCUT2D eigenvalue weighted by molar-refractivity contribution is 5.81. The molecule has 2 unspecified atom stereocenters. The van der Waals surface area contributed by atoms with Crippen LogP contribution in [0.25, 0.3) is 0 Å². The zero-order valence-electron chi connectivity index (χ0n) is 12.0. The molecule has 2 rings (SSSR count). The molecule has 0 aliphatic carbocycles. The fraction of sp³-hybridized carbons (Fsp3) is 0.312.